The summed E-state index contributed by atoms with van der Waals surface area (Å²) in [5.41, 5.74) is 2.96. The Hall–Kier alpha value is -2.47. The topological polar surface area (TPSA) is 67.4 Å². The van der Waals surface area contributed by atoms with Gasteiger partial charge in [0.05, 0.1) is 6.61 Å². The zero-order valence-corrected chi connectivity index (χ0v) is 17.4. The summed E-state index contributed by atoms with van der Waals surface area (Å²) < 4.78 is 5.13. The molecule has 0 aliphatic heterocycles. The molecular formula is C22H28N2O3S. The number of carbonyl (C=O) groups excluding carboxylic acids is 2. The predicted octanol–water partition coefficient (Wildman–Crippen LogP) is 4.80. The summed E-state index contributed by atoms with van der Waals surface area (Å²) >= 11 is 1.58. The Balaban J connectivity index is 1.97. The first-order valence-corrected chi connectivity index (χ1v) is 10.6. The monoisotopic (exact) mass is 400 g/mol. The van der Waals surface area contributed by atoms with Crippen molar-refractivity contribution in [3.05, 3.63) is 65.7 Å². The molecule has 2 amide bonds. The van der Waals surface area contributed by atoms with Crippen LogP contribution in [0.2, 0.25) is 0 Å². The van der Waals surface area contributed by atoms with E-state index in [1.165, 1.54) is 5.56 Å². The molecule has 0 aliphatic rings. The van der Waals surface area contributed by atoms with E-state index in [1.807, 2.05) is 54.6 Å². The number of nitrogens with one attached hydrogen (secondary N) is 2. The second-order valence-electron chi connectivity index (χ2n) is 6.65. The highest BCUT2D eigenvalue weighted by Gasteiger charge is 2.22. The first-order valence-electron chi connectivity index (χ1n) is 9.46. The van der Waals surface area contributed by atoms with Crippen molar-refractivity contribution in [2.24, 2.45) is 0 Å². The molecule has 2 aromatic rings. The first-order chi connectivity index (χ1) is 13.5. The fraction of sp³-hybridized carbons (Fsp3) is 0.364. The van der Waals surface area contributed by atoms with Gasteiger partial charge < -0.3 is 15.4 Å². The molecular weight excluding hydrogens is 372 g/mol. The summed E-state index contributed by atoms with van der Waals surface area (Å²) in [7, 11) is 0. The summed E-state index contributed by atoms with van der Waals surface area (Å²) in [5, 5.41) is 5.62. The maximum absolute atomic E-state index is 12.5. The highest BCUT2D eigenvalue weighted by Crippen LogP contribution is 2.23. The fourth-order valence-electron chi connectivity index (χ4n) is 2.71. The first kappa shape index (κ1) is 21.8. The van der Waals surface area contributed by atoms with Gasteiger partial charge in [-0.25, -0.2) is 9.59 Å². The third kappa shape index (κ3) is 6.93. The number of rotatable bonds is 9. The molecule has 2 N–H and O–H groups in total. The lowest BCUT2D eigenvalue weighted by molar-refractivity contribution is -0.144. The molecule has 0 aromatic heterocycles. The van der Waals surface area contributed by atoms with Crippen molar-refractivity contribution in [2.45, 2.75) is 38.5 Å². The maximum atomic E-state index is 12.5. The normalized spacial score (nSPS) is 11.7. The van der Waals surface area contributed by atoms with E-state index in [0.717, 1.165) is 17.0 Å². The van der Waals surface area contributed by atoms with E-state index in [-0.39, 0.29) is 12.5 Å². The molecule has 1 atom stereocenters. The number of carbonyl (C=O) groups is 2. The molecule has 0 heterocycles. The number of thioether (sulfide) groups is 1. The Morgan fingerprint density at radius 3 is 2.39 bits per heavy atom. The molecule has 2 rings (SSSR count). The van der Waals surface area contributed by atoms with Crippen molar-refractivity contribution < 1.29 is 14.3 Å². The summed E-state index contributed by atoms with van der Waals surface area (Å²) in [6.07, 6.45) is 0. The number of urea groups is 1. The standard InChI is InChI=1S/C22H28N2O3S/c1-4-27-21(25)20(15-28-14-17-10-6-5-7-11-17)24-22(26)23-19-13-9-8-12-18(19)16(2)3/h5-13,16,20H,4,14-15H2,1-3H3,(H2,23,24,26). The molecule has 1 unspecified atom stereocenters. The molecule has 0 fully saturated rings. The second-order valence-corrected chi connectivity index (χ2v) is 7.68. The molecule has 5 nitrogen and oxygen atoms in total. The number of ether oxygens (including phenoxy) is 1. The highest BCUT2D eigenvalue weighted by atomic mass is 32.2. The van der Waals surface area contributed by atoms with Gasteiger partial charge in [-0.05, 0) is 30.0 Å². The van der Waals surface area contributed by atoms with E-state index in [2.05, 4.69) is 24.5 Å². The molecule has 0 saturated carbocycles. The van der Waals surface area contributed by atoms with E-state index in [0.29, 0.717) is 5.75 Å². The van der Waals surface area contributed by atoms with Crippen LogP contribution in [0.15, 0.2) is 54.6 Å². The van der Waals surface area contributed by atoms with Crippen LogP contribution in [-0.4, -0.2) is 30.4 Å². The zero-order valence-electron chi connectivity index (χ0n) is 16.6. The van der Waals surface area contributed by atoms with Gasteiger partial charge in [-0.1, -0.05) is 62.4 Å². The van der Waals surface area contributed by atoms with Gasteiger partial charge >= 0.3 is 12.0 Å². The summed E-state index contributed by atoms with van der Waals surface area (Å²) in [5.74, 6) is 1.05. The number of hydrogen-bond acceptors (Lipinski definition) is 4. The van der Waals surface area contributed by atoms with Crippen molar-refractivity contribution >= 4 is 29.4 Å². The number of para-hydroxylation sites is 1. The van der Waals surface area contributed by atoms with E-state index in [4.69, 9.17) is 4.74 Å². The van der Waals surface area contributed by atoms with Crippen molar-refractivity contribution in [3.63, 3.8) is 0 Å². The van der Waals surface area contributed by atoms with Crippen molar-refractivity contribution in [2.75, 3.05) is 17.7 Å². The molecule has 0 radical (unpaired) electrons. The van der Waals surface area contributed by atoms with Gasteiger partial charge in [0.25, 0.3) is 0 Å². The smallest absolute Gasteiger partial charge is 0.329 e. The molecule has 0 saturated heterocycles. The highest BCUT2D eigenvalue weighted by molar-refractivity contribution is 7.98. The molecule has 28 heavy (non-hydrogen) atoms. The van der Waals surface area contributed by atoms with Crippen LogP contribution in [0.5, 0.6) is 0 Å². The van der Waals surface area contributed by atoms with Gasteiger partial charge in [0.15, 0.2) is 0 Å². The SMILES string of the molecule is CCOC(=O)C(CSCc1ccccc1)NC(=O)Nc1ccccc1C(C)C. The Kier molecular flexibility index (Phi) is 8.88. The lowest BCUT2D eigenvalue weighted by Gasteiger charge is -2.19. The number of esters is 1. The molecule has 6 heteroatoms. The number of hydrogen-bond donors (Lipinski definition) is 2. The Morgan fingerprint density at radius 1 is 1.04 bits per heavy atom. The van der Waals surface area contributed by atoms with E-state index in [1.54, 1.807) is 18.7 Å². The number of amides is 2. The molecule has 0 spiro atoms. The van der Waals surface area contributed by atoms with Crippen molar-refractivity contribution in [1.82, 2.24) is 5.32 Å². The Bertz CT molecular complexity index is 765. The van der Waals surface area contributed by atoms with Crippen LogP contribution in [0.4, 0.5) is 10.5 Å². The quantitative estimate of drug-likeness (QED) is 0.594. The summed E-state index contributed by atoms with van der Waals surface area (Å²) in [4.78, 5) is 24.8. The average molecular weight is 401 g/mol. The number of anilines is 1. The van der Waals surface area contributed by atoms with Crippen LogP contribution in [0, 0.1) is 0 Å². The summed E-state index contributed by atoms with van der Waals surface area (Å²) in [6, 6.07) is 16.6. The average Bonchev–Trinajstić information content (AvgIpc) is 2.68. The van der Waals surface area contributed by atoms with E-state index < -0.39 is 18.0 Å². The predicted molar refractivity (Wildman–Crippen MR) is 116 cm³/mol. The minimum Gasteiger partial charge on any atom is -0.464 e. The van der Waals surface area contributed by atoms with Gasteiger partial charge in [0.2, 0.25) is 0 Å². The minimum absolute atomic E-state index is 0.276. The maximum Gasteiger partial charge on any atom is 0.329 e. The Labute approximate surface area is 171 Å². The molecule has 0 aliphatic carbocycles. The summed E-state index contributed by atoms with van der Waals surface area (Å²) in [6.45, 7) is 6.17. The van der Waals surface area contributed by atoms with Crippen LogP contribution in [0.25, 0.3) is 0 Å². The van der Waals surface area contributed by atoms with Gasteiger partial charge in [-0.15, -0.1) is 0 Å². The Morgan fingerprint density at radius 2 is 1.71 bits per heavy atom. The van der Waals surface area contributed by atoms with Crippen LogP contribution in [0.1, 0.15) is 37.8 Å². The van der Waals surface area contributed by atoms with Crippen molar-refractivity contribution in [3.8, 4) is 0 Å². The third-order valence-corrected chi connectivity index (χ3v) is 5.21. The third-order valence-electron chi connectivity index (χ3n) is 4.10. The van der Waals surface area contributed by atoms with Gasteiger partial charge in [-0.2, -0.15) is 11.8 Å². The van der Waals surface area contributed by atoms with E-state index >= 15 is 0 Å². The van der Waals surface area contributed by atoms with Gasteiger partial charge in [0, 0.05) is 17.2 Å². The van der Waals surface area contributed by atoms with Crippen LogP contribution in [-0.2, 0) is 15.3 Å². The molecule has 2 aromatic carbocycles. The van der Waals surface area contributed by atoms with Crippen LogP contribution >= 0.6 is 11.8 Å². The molecule has 150 valence electrons. The largest absolute Gasteiger partial charge is 0.464 e. The van der Waals surface area contributed by atoms with E-state index in [9.17, 15) is 9.59 Å². The van der Waals surface area contributed by atoms with Gasteiger partial charge in [0.1, 0.15) is 6.04 Å². The minimum atomic E-state index is -0.708. The fourth-order valence-corrected chi connectivity index (χ4v) is 3.71. The van der Waals surface area contributed by atoms with Crippen molar-refractivity contribution in [1.29, 1.82) is 0 Å². The van der Waals surface area contributed by atoms with Gasteiger partial charge in [-0.3, -0.25) is 0 Å². The lowest BCUT2D eigenvalue weighted by Crippen LogP contribution is -2.45. The lowest BCUT2D eigenvalue weighted by atomic mass is 10.0. The van der Waals surface area contributed by atoms with Crippen LogP contribution in [0.3, 0.4) is 0 Å². The number of benzene rings is 2. The second kappa shape index (κ2) is 11.4. The van der Waals surface area contributed by atoms with Crippen LogP contribution < -0.4 is 10.6 Å². The zero-order chi connectivity index (χ0) is 20.4. The molecule has 0 bridgehead atoms.